The van der Waals surface area contributed by atoms with Crippen LogP contribution in [0.15, 0.2) is 30.3 Å². The van der Waals surface area contributed by atoms with Gasteiger partial charge in [0.2, 0.25) is 0 Å². The Morgan fingerprint density at radius 1 is 1.13 bits per heavy atom. The summed E-state index contributed by atoms with van der Waals surface area (Å²) in [5, 5.41) is 3.85. The maximum Gasteiger partial charge on any atom is 0.0208 e. The SMILES string of the molecule is CCCCC1CC(NCc2ccccc2)CN(C2CCC2C)C1. The summed E-state index contributed by atoms with van der Waals surface area (Å²) in [4.78, 5) is 2.82. The van der Waals surface area contributed by atoms with Crippen LogP contribution >= 0.6 is 0 Å². The van der Waals surface area contributed by atoms with Crippen molar-refractivity contribution in [3.05, 3.63) is 35.9 Å². The molecule has 1 aliphatic carbocycles. The predicted octanol–water partition coefficient (Wildman–Crippen LogP) is 4.46. The highest BCUT2D eigenvalue weighted by Crippen LogP contribution is 2.35. The van der Waals surface area contributed by atoms with Crippen LogP contribution in [0.2, 0.25) is 0 Å². The van der Waals surface area contributed by atoms with Gasteiger partial charge in [-0.2, -0.15) is 0 Å². The fourth-order valence-corrected chi connectivity index (χ4v) is 4.41. The fraction of sp³-hybridized carbons (Fsp3) is 0.714. The molecule has 23 heavy (non-hydrogen) atoms. The van der Waals surface area contributed by atoms with Gasteiger partial charge in [-0.1, -0.05) is 57.0 Å². The second-order valence-electron chi connectivity index (χ2n) is 7.88. The molecule has 0 bridgehead atoms. The zero-order valence-electron chi connectivity index (χ0n) is 15.0. The third kappa shape index (κ3) is 4.58. The van der Waals surface area contributed by atoms with E-state index in [0.29, 0.717) is 6.04 Å². The Balaban J connectivity index is 1.56. The quantitative estimate of drug-likeness (QED) is 0.799. The van der Waals surface area contributed by atoms with E-state index in [0.717, 1.165) is 24.4 Å². The number of hydrogen-bond donors (Lipinski definition) is 1. The molecule has 0 aromatic heterocycles. The molecule has 2 heteroatoms. The topological polar surface area (TPSA) is 15.3 Å². The molecule has 4 unspecified atom stereocenters. The summed E-state index contributed by atoms with van der Waals surface area (Å²) in [5.41, 5.74) is 1.41. The van der Waals surface area contributed by atoms with Crippen molar-refractivity contribution in [2.24, 2.45) is 11.8 Å². The van der Waals surface area contributed by atoms with Gasteiger partial charge in [0.05, 0.1) is 0 Å². The lowest BCUT2D eigenvalue weighted by atomic mass is 9.77. The van der Waals surface area contributed by atoms with Gasteiger partial charge in [-0.15, -0.1) is 0 Å². The zero-order chi connectivity index (χ0) is 16.1. The third-order valence-electron chi connectivity index (χ3n) is 6.01. The summed E-state index contributed by atoms with van der Waals surface area (Å²) < 4.78 is 0. The molecular formula is C21H34N2. The molecule has 1 saturated carbocycles. The van der Waals surface area contributed by atoms with E-state index in [1.54, 1.807) is 0 Å². The minimum absolute atomic E-state index is 0.665. The van der Waals surface area contributed by atoms with Crippen molar-refractivity contribution in [2.45, 2.75) is 71.0 Å². The van der Waals surface area contributed by atoms with Crippen LogP contribution in [0, 0.1) is 11.8 Å². The first kappa shape index (κ1) is 17.0. The minimum atomic E-state index is 0.665. The van der Waals surface area contributed by atoms with Crippen LogP contribution in [-0.2, 0) is 6.54 Å². The third-order valence-corrected chi connectivity index (χ3v) is 6.01. The van der Waals surface area contributed by atoms with Crippen LogP contribution in [0.3, 0.4) is 0 Å². The number of rotatable bonds is 7. The molecule has 3 rings (SSSR count). The molecule has 1 heterocycles. The van der Waals surface area contributed by atoms with Crippen LogP contribution in [0.5, 0.6) is 0 Å². The smallest absolute Gasteiger partial charge is 0.0208 e. The van der Waals surface area contributed by atoms with E-state index in [-0.39, 0.29) is 0 Å². The van der Waals surface area contributed by atoms with Crippen LogP contribution in [0.25, 0.3) is 0 Å². The van der Waals surface area contributed by atoms with E-state index in [4.69, 9.17) is 0 Å². The van der Waals surface area contributed by atoms with E-state index in [1.165, 1.54) is 57.2 Å². The number of likely N-dealkylation sites (tertiary alicyclic amines) is 1. The van der Waals surface area contributed by atoms with E-state index in [2.05, 4.69) is 54.4 Å². The number of hydrogen-bond acceptors (Lipinski definition) is 2. The highest BCUT2D eigenvalue weighted by molar-refractivity contribution is 5.14. The molecule has 2 fully saturated rings. The fourth-order valence-electron chi connectivity index (χ4n) is 4.41. The second-order valence-corrected chi connectivity index (χ2v) is 7.88. The first-order chi connectivity index (χ1) is 11.3. The van der Waals surface area contributed by atoms with Gasteiger partial charge in [-0.05, 0) is 43.1 Å². The average molecular weight is 315 g/mol. The Morgan fingerprint density at radius 3 is 2.61 bits per heavy atom. The summed E-state index contributed by atoms with van der Waals surface area (Å²) in [5.74, 6) is 1.81. The second kappa shape index (κ2) is 8.30. The molecule has 0 amide bonds. The van der Waals surface area contributed by atoms with Gasteiger partial charge in [0, 0.05) is 31.7 Å². The van der Waals surface area contributed by atoms with Gasteiger partial charge in [0.1, 0.15) is 0 Å². The lowest BCUT2D eigenvalue weighted by molar-refractivity contribution is 0.0205. The Bertz CT molecular complexity index is 458. The van der Waals surface area contributed by atoms with Crippen molar-refractivity contribution in [1.29, 1.82) is 0 Å². The summed E-state index contributed by atoms with van der Waals surface area (Å²) in [6, 6.07) is 12.4. The summed E-state index contributed by atoms with van der Waals surface area (Å²) >= 11 is 0. The van der Waals surface area contributed by atoms with Gasteiger partial charge < -0.3 is 5.32 Å². The van der Waals surface area contributed by atoms with Crippen LogP contribution in [0.1, 0.15) is 57.9 Å². The minimum Gasteiger partial charge on any atom is -0.309 e. The summed E-state index contributed by atoms with van der Waals surface area (Å²) in [7, 11) is 0. The first-order valence-corrected chi connectivity index (χ1v) is 9.77. The van der Waals surface area contributed by atoms with Gasteiger partial charge in [-0.3, -0.25) is 4.90 Å². The highest BCUT2D eigenvalue weighted by atomic mass is 15.2. The van der Waals surface area contributed by atoms with Gasteiger partial charge in [0.25, 0.3) is 0 Å². The number of unbranched alkanes of at least 4 members (excludes halogenated alkanes) is 1. The Labute approximate surface area is 142 Å². The van der Waals surface area contributed by atoms with Crippen molar-refractivity contribution in [3.63, 3.8) is 0 Å². The number of benzene rings is 1. The van der Waals surface area contributed by atoms with Gasteiger partial charge >= 0.3 is 0 Å². The lowest BCUT2D eigenvalue weighted by Gasteiger charge is -2.48. The number of nitrogens with zero attached hydrogens (tertiary/aromatic N) is 1. The molecule has 1 aromatic carbocycles. The van der Waals surface area contributed by atoms with Gasteiger partial charge in [0.15, 0.2) is 0 Å². The first-order valence-electron chi connectivity index (χ1n) is 9.77. The summed E-state index contributed by atoms with van der Waals surface area (Å²) in [6.07, 6.45) is 8.36. The van der Waals surface area contributed by atoms with E-state index in [1.807, 2.05) is 0 Å². The van der Waals surface area contributed by atoms with E-state index < -0.39 is 0 Å². The number of nitrogens with one attached hydrogen (secondary N) is 1. The Hall–Kier alpha value is -0.860. The van der Waals surface area contributed by atoms with Crippen LogP contribution < -0.4 is 5.32 Å². The summed E-state index contributed by atoms with van der Waals surface area (Å²) in [6.45, 7) is 8.37. The molecule has 1 N–H and O–H groups in total. The monoisotopic (exact) mass is 314 g/mol. The Morgan fingerprint density at radius 2 is 1.96 bits per heavy atom. The van der Waals surface area contributed by atoms with Crippen molar-refractivity contribution >= 4 is 0 Å². The lowest BCUT2D eigenvalue weighted by Crippen LogP contribution is -2.56. The van der Waals surface area contributed by atoms with Gasteiger partial charge in [-0.25, -0.2) is 0 Å². The predicted molar refractivity (Wildman–Crippen MR) is 98.5 cm³/mol. The molecule has 2 nitrogen and oxygen atoms in total. The van der Waals surface area contributed by atoms with Crippen molar-refractivity contribution in [2.75, 3.05) is 13.1 Å². The largest absolute Gasteiger partial charge is 0.309 e. The van der Waals surface area contributed by atoms with E-state index in [9.17, 15) is 0 Å². The molecular weight excluding hydrogens is 280 g/mol. The van der Waals surface area contributed by atoms with Crippen LogP contribution in [-0.4, -0.2) is 30.1 Å². The van der Waals surface area contributed by atoms with Crippen molar-refractivity contribution in [1.82, 2.24) is 10.2 Å². The molecule has 1 saturated heterocycles. The molecule has 1 aliphatic heterocycles. The maximum atomic E-state index is 3.85. The molecule has 2 aliphatic rings. The van der Waals surface area contributed by atoms with Crippen molar-refractivity contribution in [3.8, 4) is 0 Å². The Kier molecular flexibility index (Phi) is 6.13. The highest BCUT2D eigenvalue weighted by Gasteiger charge is 2.37. The van der Waals surface area contributed by atoms with Crippen molar-refractivity contribution < 1.29 is 0 Å². The zero-order valence-corrected chi connectivity index (χ0v) is 15.0. The van der Waals surface area contributed by atoms with Crippen LogP contribution in [0.4, 0.5) is 0 Å². The molecule has 1 aromatic rings. The number of piperidine rings is 1. The molecule has 0 spiro atoms. The standard InChI is InChI=1S/C21H34N2/c1-3-4-8-19-13-20(22-14-18-9-6-5-7-10-18)16-23(15-19)21-12-11-17(21)2/h5-7,9-10,17,19-22H,3-4,8,11-16H2,1-2H3. The normalized spacial score (nSPS) is 31.7. The average Bonchev–Trinajstić information content (AvgIpc) is 2.57. The molecule has 0 radical (unpaired) electrons. The maximum absolute atomic E-state index is 3.85. The molecule has 128 valence electrons. The molecule has 4 atom stereocenters. The van der Waals surface area contributed by atoms with E-state index >= 15 is 0 Å².